The van der Waals surface area contributed by atoms with Crippen molar-refractivity contribution in [3.05, 3.63) is 51.0 Å². The molecule has 2 aromatic carbocycles. The van der Waals surface area contributed by atoms with Crippen LogP contribution in [0.15, 0.2) is 24.3 Å². The number of rotatable bonds is 7. The molecule has 2 rings (SSSR count). The lowest BCUT2D eigenvalue weighted by molar-refractivity contribution is 0.208. The van der Waals surface area contributed by atoms with Crippen LogP contribution in [0.4, 0.5) is 0 Å². The first-order valence-corrected chi connectivity index (χ1v) is 8.60. The summed E-state index contributed by atoms with van der Waals surface area (Å²) in [5, 5.41) is 10.1. The van der Waals surface area contributed by atoms with Crippen LogP contribution in [0.1, 0.15) is 23.6 Å². The highest BCUT2D eigenvalue weighted by molar-refractivity contribution is 6.32. The zero-order valence-electron chi connectivity index (χ0n) is 14.4. The monoisotopic (exact) mass is 379 g/mol. The van der Waals surface area contributed by atoms with Gasteiger partial charge in [0.15, 0.2) is 11.5 Å². The van der Waals surface area contributed by atoms with Crippen molar-refractivity contribution in [2.24, 2.45) is 0 Å². The molecule has 4 nitrogen and oxygen atoms in total. The standard InChI is InChI=1S/C19H19Cl2NO3/c1-4-23-17-10-14(11-22)9-16(20)19(17)25-6-5-24-15-7-12(2)18(21)13(3)8-15/h7-10H,4-6H2,1-3H3. The van der Waals surface area contributed by atoms with E-state index in [-0.39, 0.29) is 6.61 Å². The van der Waals surface area contributed by atoms with Crippen molar-refractivity contribution in [1.82, 2.24) is 0 Å². The number of hydrogen-bond donors (Lipinski definition) is 0. The number of aryl methyl sites for hydroxylation is 2. The van der Waals surface area contributed by atoms with Gasteiger partial charge in [-0.15, -0.1) is 0 Å². The zero-order chi connectivity index (χ0) is 18.4. The molecule has 0 aliphatic heterocycles. The summed E-state index contributed by atoms with van der Waals surface area (Å²) < 4.78 is 16.9. The van der Waals surface area contributed by atoms with E-state index < -0.39 is 0 Å². The minimum absolute atomic E-state index is 0.284. The third-order valence-corrected chi connectivity index (χ3v) is 4.32. The molecule has 2 aromatic rings. The first-order chi connectivity index (χ1) is 12.0. The predicted octanol–water partition coefficient (Wildman–Crippen LogP) is 5.34. The average molecular weight is 380 g/mol. The molecule has 0 spiro atoms. The molecule has 0 aliphatic carbocycles. The lowest BCUT2D eigenvalue weighted by Gasteiger charge is -2.15. The zero-order valence-corrected chi connectivity index (χ0v) is 15.9. The largest absolute Gasteiger partial charge is 0.490 e. The molecule has 0 aliphatic rings. The lowest BCUT2D eigenvalue weighted by Crippen LogP contribution is -2.10. The molecule has 0 unspecified atom stereocenters. The molecule has 0 fully saturated rings. The van der Waals surface area contributed by atoms with Crippen LogP contribution < -0.4 is 14.2 Å². The molecule has 132 valence electrons. The average Bonchev–Trinajstić information content (AvgIpc) is 2.58. The highest BCUT2D eigenvalue weighted by Gasteiger charge is 2.13. The van der Waals surface area contributed by atoms with E-state index in [9.17, 15) is 0 Å². The second-order valence-corrected chi connectivity index (χ2v) is 6.18. The quantitative estimate of drug-likeness (QED) is 0.609. The van der Waals surface area contributed by atoms with Crippen molar-refractivity contribution in [2.75, 3.05) is 19.8 Å². The summed E-state index contributed by atoms with van der Waals surface area (Å²) in [6, 6.07) is 8.97. The fourth-order valence-corrected chi connectivity index (χ4v) is 2.70. The second kappa shape index (κ2) is 8.84. The molecular formula is C19H19Cl2NO3. The summed E-state index contributed by atoms with van der Waals surface area (Å²) in [6.45, 7) is 6.79. The van der Waals surface area contributed by atoms with Crippen LogP contribution in [0.25, 0.3) is 0 Å². The Bertz CT molecular complexity index is 777. The SMILES string of the molecule is CCOc1cc(C#N)cc(Cl)c1OCCOc1cc(C)c(Cl)c(C)c1. The molecular weight excluding hydrogens is 361 g/mol. The third-order valence-electron chi connectivity index (χ3n) is 3.45. The Balaban J connectivity index is 2.01. The van der Waals surface area contributed by atoms with Gasteiger partial charge in [0.25, 0.3) is 0 Å². The van der Waals surface area contributed by atoms with Crippen LogP contribution in [-0.2, 0) is 0 Å². The van der Waals surface area contributed by atoms with E-state index in [1.165, 1.54) is 0 Å². The Hall–Kier alpha value is -2.09. The van der Waals surface area contributed by atoms with Gasteiger partial charge in [-0.05, 0) is 50.1 Å². The number of ether oxygens (including phenoxy) is 3. The fourth-order valence-electron chi connectivity index (χ4n) is 2.33. The van der Waals surface area contributed by atoms with E-state index >= 15 is 0 Å². The third kappa shape index (κ3) is 4.94. The van der Waals surface area contributed by atoms with Gasteiger partial charge in [-0.1, -0.05) is 23.2 Å². The summed E-state index contributed by atoms with van der Waals surface area (Å²) in [7, 11) is 0. The molecule has 0 N–H and O–H groups in total. The second-order valence-electron chi connectivity index (χ2n) is 5.40. The number of hydrogen-bond acceptors (Lipinski definition) is 4. The smallest absolute Gasteiger partial charge is 0.179 e. The molecule has 0 amide bonds. The van der Waals surface area contributed by atoms with E-state index in [2.05, 4.69) is 0 Å². The van der Waals surface area contributed by atoms with Crippen molar-refractivity contribution in [3.63, 3.8) is 0 Å². The number of nitriles is 1. The predicted molar refractivity (Wildman–Crippen MR) is 99.3 cm³/mol. The number of benzene rings is 2. The van der Waals surface area contributed by atoms with Gasteiger partial charge in [0.1, 0.15) is 19.0 Å². The molecule has 0 saturated carbocycles. The molecule has 0 saturated heterocycles. The summed E-state index contributed by atoms with van der Waals surface area (Å²) in [5.74, 6) is 1.60. The van der Waals surface area contributed by atoms with E-state index in [0.29, 0.717) is 35.3 Å². The fraction of sp³-hybridized carbons (Fsp3) is 0.316. The van der Waals surface area contributed by atoms with Gasteiger partial charge in [0.2, 0.25) is 0 Å². The molecule has 0 heterocycles. The van der Waals surface area contributed by atoms with Gasteiger partial charge >= 0.3 is 0 Å². The highest BCUT2D eigenvalue weighted by atomic mass is 35.5. The lowest BCUT2D eigenvalue weighted by atomic mass is 10.1. The van der Waals surface area contributed by atoms with Gasteiger partial charge in [-0.3, -0.25) is 0 Å². The van der Waals surface area contributed by atoms with Gasteiger partial charge in [0.05, 0.1) is 23.3 Å². The Morgan fingerprint density at radius 2 is 1.60 bits per heavy atom. The number of halogens is 2. The molecule has 0 bridgehead atoms. The highest BCUT2D eigenvalue weighted by Crippen LogP contribution is 2.36. The Morgan fingerprint density at radius 1 is 0.960 bits per heavy atom. The van der Waals surface area contributed by atoms with Gasteiger partial charge in [-0.2, -0.15) is 5.26 Å². The first-order valence-electron chi connectivity index (χ1n) is 7.85. The van der Waals surface area contributed by atoms with Crippen LogP contribution in [0, 0.1) is 25.2 Å². The normalized spacial score (nSPS) is 10.2. The Morgan fingerprint density at radius 3 is 2.20 bits per heavy atom. The minimum atomic E-state index is 0.284. The Labute approximate surface area is 157 Å². The van der Waals surface area contributed by atoms with E-state index in [4.69, 9.17) is 42.7 Å². The molecule has 0 atom stereocenters. The number of nitrogens with zero attached hydrogens (tertiary/aromatic N) is 1. The molecule has 0 aromatic heterocycles. The van der Waals surface area contributed by atoms with Crippen LogP contribution >= 0.6 is 23.2 Å². The van der Waals surface area contributed by atoms with Crippen LogP contribution in [-0.4, -0.2) is 19.8 Å². The van der Waals surface area contributed by atoms with Crippen LogP contribution in [0.3, 0.4) is 0 Å². The van der Waals surface area contributed by atoms with Gasteiger partial charge in [-0.25, -0.2) is 0 Å². The topological polar surface area (TPSA) is 51.5 Å². The minimum Gasteiger partial charge on any atom is -0.490 e. The van der Waals surface area contributed by atoms with Crippen molar-refractivity contribution in [3.8, 4) is 23.3 Å². The van der Waals surface area contributed by atoms with Crippen LogP contribution in [0.5, 0.6) is 17.2 Å². The van der Waals surface area contributed by atoms with Gasteiger partial charge < -0.3 is 14.2 Å². The summed E-state index contributed by atoms with van der Waals surface area (Å²) in [5.41, 5.74) is 2.35. The molecule has 6 heteroatoms. The van der Waals surface area contributed by atoms with Crippen molar-refractivity contribution in [1.29, 1.82) is 5.26 Å². The Kier molecular flexibility index (Phi) is 6.81. The maximum atomic E-state index is 9.02. The molecule has 25 heavy (non-hydrogen) atoms. The van der Waals surface area contributed by atoms with Crippen molar-refractivity contribution >= 4 is 23.2 Å². The van der Waals surface area contributed by atoms with Gasteiger partial charge in [0, 0.05) is 11.1 Å². The first kappa shape index (κ1) is 19.2. The summed E-state index contributed by atoms with van der Waals surface area (Å²) in [4.78, 5) is 0. The van der Waals surface area contributed by atoms with Crippen molar-refractivity contribution < 1.29 is 14.2 Å². The maximum Gasteiger partial charge on any atom is 0.179 e. The summed E-state index contributed by atoms with van der Waals surface area (Å²) >= 11 is 12.3. The van der Waals surface area contributed by atoms with Crippen molar-refractivity contribution in [2.45, 2.75) is 20.8 Å². The van der Waals surface area contributed by atoms with E-state index in [1.54, 1.807) is 12.1 Å². The van der Waals surface area contributed by atoms with E-state index in [0.717, 1.165) is 21.9 Å². The molecule has 0 radical (unpaired) electrons. The maximum absolute atomic E-state index is 9.02. The van der Waals surface area contributed by atoms with E-state index in [1.807, 2.05) is 39.0 Å². The van der Waals surface area contributed by atoms with Crippen LogP contribution in [0.2, 0.25) is 10.0 Å². The summed E-state index contributed by atoms with van der Waals surface area (Å²) in [6.07, 6.45) is 0.